The van der Waals surface area contributed by atoms with Crippen molar-refractivity contribution in [2.24, 2.45) is 28.6 Å². The van der Waals surface area contributed by atoms with E-state index in [4.69, 9.17) is 18.9 Å². The summed E-state index contributed by atoms with van der Waals surface area (Å²) >= 11 is 0. The second-order valence-electron chi connectivity index (χ2n) is 11.5. The minimum atomic E-state index is -2.11. The fourth-order valence-corrected chi connectivity index (χ4v) is 7.48. The van der Waals surface area contributed by atoms with E-state index < -0.39 is 52.8 Å². The highest BCUT2D eigenvalue weighted by Crippen LogP contribution is 2.67. The number of ketones is 3. The Bertz CT molecular complexity index is 1040. The zero-order chi connectivity index (χ0) is 27.7. The molecular weight excluding hydrogens is 495 g/mol. The van der Waals surface area contributed by atoms with E-state index >= 15 is 4.39 Å². The molecule has 0 spiro atoms. The molecule has 7 atom stereocenters. The van der Waals surface area contributed by atoms with Crippen molar-refractivity contribution in [3.8, 4) is 0 Å². The van der Waals surface area contributed by atoms with Crippen LogP contribution >= 0.6 is 0 Å². The van der Waals surface area contributed by atoms with Gasteiger partial charge in [0.25, 0.3) is 0 Å². The van der Waals surface area contributed by atoms with Gasteiger partial charge in [-0.05, 0) is 62.5 Å². The predicted molar refractivity (Wildman–Crippen MR) is 135 cm³/mol. The highest BCUT2D eigenvalue weighted by molar-refractivity contribution is 6.02. The van der Waals surface area contributed by atoms with Crippen LogP contribution in [-0.4, -0.2) is 68.8 Å². The number of alkyl halides is 1. The molecular formula is C29H39FO8. The maximum atomic E-state index is 17.0. The summed E-state index contributed by atoms with van der Waals surface area (Å²) < 4.78 is 37.9. The summed E-state index contributed by atoms with van der Waals surface area (Å²) in [4.78, 5) is 51.4. The van der Waals surface area contributed by atoms with Crippen molar-refractivity contribution in [2.75, 3.05) is 33.7 Å². The van der Waals surface area contributed by atoms with Crippen LogP contribution in [0.1, 0.15) is 59.3 Å². The van der Waals surface area contributed by atoms with Crippen LogP contribution in [0.4, 0.5) is 4.39 Å². The number of allylic oxidation sites excluding steroid dienone is 4. The van der Waals surface area contributed by atoms with Gasteiger partial charge in [0.15, 0.2) is 29.1 Å². The van der Waals surface area contributed by atoms with E-state index in [9.17, 15) is 19.2 Å². The van der Waals surface area contributed by atoms with Crippen LogP contribution in [0, 0.1) is 28.6 Å². The lowest BCUT2D eigenvalue weighted by molar-refractivity contribution is -0.173. The zero-order valence-corrected chi connectivity index (χ0v) is 22.8. The number of hydrogen-bond acceptors (Lipinski definition) is 8. The van der Waals surface area contributed by atoms with Gasteiger partial charge in [-0.25, -0.2) is 9.18 Å². The summed E-state index contributed by atoms with van der Waals surface area (Å²) in [5.74, 6) is -2.77. The lowest BCUT2D eigenvalue weighted by Gasteiger charge is -2.58. The van der Waals surface area contributed by atoms with E-state index in [1.807, 2.05) is 6.92 Å². The van der Waals surface area contributed by atoms with Crippen LogP contribution in [0.5, 0.6) is 0 Å². The Hall–Kier alpha value is -2.23. The Morgan fingerprint density at radius 3 is 2.61 bits per heavy atom. The number of esters is 1. The Labute approximate surface area is 223 Å². The molecule has 0 aromatic carbocycles. The van der Waals surface area contributed by atoms with Crippen LogP contribution in [0.2, 0.25) is 0 Å². The van der Waals surface area contributed by atoms with Crippen molar-refractivity contribution in [3.63, 3.8) is 0 Å². The van der Waals surface area contributed by atoms with Gasteiger partial charge >= 0.3 is 5.97 Å². The minimum Gasteiger partial charge on any atom is -0.456 e. The third kappa shape index (κ3) is 4.71. The van der Waals surface area contributed by atoms with Crippen LogP contribution in [0.3, 0.4) is 0 Å². The molecule has 9 heteroatoms. The predicted octanol–water partition coefficient (Wildman–Crippen LogP) is 3.71. The fraction of sp³-hybridized carbons (Fsp3) is 0.724. The molecule has 0 aromatic heterocycles. The molecule has 0 heterocycles. The quantitative estimate of drug-likeness (QED) is 0.224. The number of rotatable bonds is 11. The van der Waals surface area contributed by atoms with Crippen molar-refractivity contribution in [3.05, 3.63) is 23.8 Å². The molecule has 0 radical (unpaired) electrons. The van der Waals surface area contributed by atoms with E-state index in [0.717, 1.165) is 0 Å². The summed E-state index contributed by atoms with van der Waals surface area (Å²) in [6.07, 6.45) is 6.01. The van der Waals surface area contributed by atoms with Gasteiger partial charge in [0.1, 0.15) is 13.4 Å². The number of carbonyl (C=O) groups is 4. The number of hydrogen-bond donors (Lipinski definition) is 0. The van der Waals surface area contributed by atoms with Crippen LogP contribution in [-0.2, 0) is 38.1 Å². The normalized spacial score (nSPS) is 36.7. The number of carbonyl (C=O) groups excluding carboxylic acids is 4. The maximum absolute atomic E-state index is 17.0. The Kier molecular flexibility index (Phi) is 8.40. The average Bonchev–Trinajstić information content (AvgIpc) is 3.22. The van der Waals surface area contributed by atoms with Crippen molar-refractivity contribution in [1.29, 1.82) is 0 Å². The van der Waals surface area contributed by atoms with Crippen molar-refractivity contribution in [2.45, 2.75) is 71.1 Å². The van der Waals surface area contributed by atoms with Gasteiger partial charge in [-0.3, -0.25) is 14.4 Å². The van der Waals surface area contributed by atoms with E-state index in [-0.39, 0.29) is 30.7 Å². The Morgan fingerprint density at radius 2 is 1.89 bits per heavy atom. The third-order valence-corrected chi connectivity index (χ3v) is 9.56. The van der Waals surface area contributed by atoms with Crippen molar-refractivity contribution in [1.82, 2.24) is 0 Å². The Balaban J connectivity index is 1.42. The molecule has 1 unspecified atom stereocenters. The molecule has 38 heavy (non-hydrogen) atoms. The molecule has 0 aliphatic heterocycles. The first-order valence-corrected chi connectivity index (χ1v) is 13.6. The van der Waals surface area contributed by atoms with Gasteiger partial charge in [-0.15, -0.1) is 0 Å². The number of Topliss-reactive ketones (excluding diaryl/α,β-unsaturated/α-hetero) is 2. The van der Waals surface area contributed by atoms with Gasteiger partial charge in [-0.1, -0.05) is 25.5 Å². The van der Waals surface area contributed by atoms with E-state index in [1.54, 1.807) is 27.0 Å². The first kappa shape index (κ1) is 28.8. The average molecular weight is 535 g/mol. The molecule has 0 aromatic rings. The van der Waals surface area contributed by atoms with Crippen molar-refractivity contribution < 1.29 is 42.5 Å². The van der Waals surface area contributed by atoms with E-state index in [0.29, 0.717) is 50.9 Å². The van der Waals surface area contributed by atoms with E-state index in [2.05, 4.69) is 0 Å². The highest BCUT2D eigenvalue weighted by Gasteiger charge is 2.71. The Morgan fingerprint density at radius 1 is 1.13 bits per heavy atom. The lowest BCUT2D eigenvalue weighted by Crippen LogP contribution is -2.65. The van der Waals surface area contributed by atoms with Crippen LogP contribution in [0.25, 0.3) is 0 Å². The largest absolute Gasteiger partial charge is 0.456 e. The number of ether oxygens (including phenoxy) is 4. The molecule has 3 saturated carbocycles. The third-order valence-electron chi connectivity index (χ3n) is 9.56. The summed E-state index contributed by atoms with van der Waals surface area (Å²) in [5.41, 5.74) is -3.29. The molecule has 3 fully saturated rings. The molecule has 210 valence electrons. The van der Waals surface area contributed by atoms with Crippen molar-refractivity contribution >= 4 is 23.3 Å². The second kappa shape index (κ2) is 11.1. The molecule has 4 rings (SSSR count). The summed E-state index contributed by atoms with van der Waals surface area (Å²) in [7, 11) is 1.55. The van der Waals surface area contributed by atoms with Gasteiger partial charge < -0.3 is 18.9 Å². The summed E-state index contributed by atoms with van der Waals surface area (Å²) in [5, 5.41) is 0. The first-order chi connectivity index (χ1) is 18.0. The maximum Gasteiger partial charge on any atom is 0.335 e. The standard InChI is InChI=1S/C29H39FO8/c1-5-24(38-17-36-13-12-35-4)26(34)37-16-23(32)22-9-8-20-21-7-6-18-14-19(31)10-11-28(18,3)29(21,30)25(33)15-27(20,22)2/h10-11,14,20-22,24H,5-9,12-13,15-17H2,1-4H3/t20-,21-,22+,24?,27-,28-,29-/m0/s1. The molecule has 8 nitrogen and oxygen atoms in total. The minimum absolute atomic E-state index is 0.0564. The smallest absolute Gasteiger partial charge is 0.335 e. The van der Waals surface area contributed by atoms with Gasteiger partial charge in [-0.2, -0.15) is 0 Å². The first-order valence-electron chi connectivity index (χ1n) is 13.6. The number of methoxy groups -OCH3 is 1. The second-order valence-corrected chi connectivity index (χ2v) is 11.5. The topological polar surface area (TPSA) is 105 Å². The molecule has 0 amide bonds. The lowest BCUT2D eigenvalue weighted by atomic mass is 9.45. The molecule has 4 aliphatic rings. The molecule has 0 saturated heterocycles. The zero-order valence-electron chi connectivity index (χ0n) is 22.8. The summed E-state index contributed by atoms with van der Waals surface area (Å²) in [6.45, 7) is 5.63. The molecule has 4 aliphatic carbocycles. The van der Waals surface area contributed by atoms with Gasteiger partial charge in [0.2, 0.25) is 0 Å². The number of fused-ring (bicyclic) bond motifs is 5. The van der Waals surface area contributed by atoms with Crippen LogP contribution < -0.4 is 0 Å². The van der Waals surface area contributed by atoms with E-state index in [1.165, 1.54) is 12.2 Å². The van der Waals surface area contributed by atoms with Gasteiger partial charge in [0.05, 0.1) is 13.2 Å². The van der Waals surface area contributed by atoms with Crippen LogP contribution in [0.15, 0.2) is 23.8 Å². The molecule has 0 N–H and O–H groups in total. The van der Waals surface area contributed by atoms with Gasteiger partial charge in [0, 0.05) is 30.8 Å². The number of halogens is 1. The molecule has 0 bridgehead atoms. The highest BCUT2D eigenvalue weighted by atomic mass is 19.1. The SMILES string of the molecule is CCC(OCOCCOC)C(=O)OCC(=O)[C@H]1CC[C@H]2[C@@H]3CCC4=CC(=O)C=C[C@]4(C)[C@@]3(F)C(=O)C[C@]12C. The summed E-state index contributed by atoms with van der Waals surface area (Å²) in [6, 6.07) is 0. The fourth-order valence-electron chi connectivity index (χ4n) is 7.48. The monoisotopic (exact) mass is 534 g/mol.